The van der Waals surface area contributed by atoms with Crippen molar-refractivity contribution in [3.63, 3.8) is 0 Å². The molecule has 0 unspecified atom stereocenters. The summed E-state index contributed by atoms with van der Waals surface area (Å²) in [6.45, 7) is 4.44. The van der Waals surface area contributed by atoms with Crippen LogP contribution in [0.15, 0.2) is 67.3 Å². The number of hydrogen-bond donors (Lipinski definition) is 1. The molecule has 2 aromatic carbocycles. The zero-order valence-corrected chi connectivity index (χ0v) is 14.5. The van der Waals surface area contributed by atoms with Gasteiger partial charge in [-0.05, 0) is 47.9 Å². The number of nitrogens with zero attached hydrogens (tertiary/aromatic N) is 1. The molecule has 3 rings (SSSR count). The summed E-state index contributed by atoms with van der Waals surface area (Å²) in [5.41, 5.74) is 3.66. The van der Waals surface area contributed by atoms with Crippen molar-refractivity contribution in [1.29, 1.82) is 0 Å². The number of aliphatic hydroxyl groups excluding tert-OH is 1. The van der Waals surface area contributed by atoms with E-state index in [1.54, 1.807) is 0 Å². The minimum absolute atomic E-state index is 0.0325. The van der Waals surface area contributed by atoms with Crippen molar-refractivity contribution in [2.45, 2.75) is 31.8 Å². The van der Waals surface area contributed by atoms with Gasteiger partial charge in [-0.3, -0.25) is 4.79 Å². The van der Waals surface area contributed by atoms with E-state index < -0.39 is 0 Å². The predicted molar refractivity (Wildman–Crippen MR) is 100 cm³/mol. The average Bonchev–Trinajstić information content (AvgIpc) is 2.60. The standard InChI is InChI=1S/C22H25NO2/c1-2-22(25)23(21-13-20(14-21)16-24)15-19-10-6-9-18(12-19)11-17-7-4-3-5-8-17/h2-10,12,20-21,24H,1,11,13-16H2. The molecule has 0 aromatic heterocycles. The van der Waals surface area contributed by atoms with Crippen molar-refractivity contribution in [1.82, 2.24) is 4.90 Å². The highest BCUT2D eigenvalue weighted by atomic mass is 16.3. The van der Waals surface area contributed by atoms with Crippen molar-refractivity contribution in [3.05, 3.63) is 83.9 Å². The number of aliphatic hydroxyl groups is 1. The third-order valence-electron chi connectivity index (χ3n) is 4.96. The van der Waals surface area contributed by atoms with Gasteiger partial charge in [0.25, 0.3) is 0 Å². The second kappa shape index (κ2) is 8.13. The second-order valence-corrected chi connectivity index (χ2v) is 6.83. The molecule has 1 fully saturated rings. The normalized spacial score (nSPS) is 19.1. The van der Waals surface area contributed by atoms with Crippen LogP contribution in [0.3, 0.4) is 0 Å². The third-order valence-corrected chi connectivity index (χ3v) is 4.96. The topological polar surface area (TPSA) is 40.5 Å². The van der Waals surface area contributed by atoms with Crippen molar-refractivity contribution >= 4 is 5.91 Å². The molecule has 0 bridgehead atoms. The van der Waals surface area contributed by atoms with Crippen LogP contribution in [-0.2, 0) is 17.8 Å². The highest BCUT2D eigenvalue weighted by Gasteiger charge is 2.34. The first kappa shape index (κ1) is 17.4. The third kappa shape index (κ3) is 4.37. The molecule has 1 amide bonds. The SMILES string of the molecule is C=CC(=O)N(Cc1cccc(Cc2ccccc2)c1)C1CC(CO)C1. The van der Waals surface area contributed by atoms with Crippen LogP contribution in [0, 0.1) is 5.92 Å². The molecule has 0 aliphatic heterocycles. The van der Waals surface area contributed by atoms with E-state index in [2.05, 4.69) is 55.1 Å². The summed E-state index contributed by atoms with van der Waals surface area (Å²) >= 11 is 0. The van der Waals surface area contributed by atoms with Gasteiger partial charge in [-0.1, -0.05) is 61.2 Å². The number of carbonyl (C=O) groups excluding carboxylic acids is 1. The first-order valence-corrected chi connectivity index (χ1v) is 8.85. The highest BCUT2D eigenvalue weighted by Crippen LogP contribution is 2.32. The molecule has 1 N–H and O–H groups in total. The van der Waals surface area contributed by atoms with Crippen LogP contribution >= 0.6 is 0 Å². The van der Waals surface area contributed by atoms with E-state index >= 15 is 0 Å². The molecule has 130 valence electrons. The second-order valence-electron chi connectivity index (χ2n) is 6.83. The molecule has 3 nitrogen and oxygen atoms in total. The Morgan fingerprint density at radius 1 is 1.08 bits per heavy atom. The lowest BCUT2D eigenvalue weighted by Crippen LogP contribution is -2.47. The first-order valence-electron chi connectivity index (χ1n) is 8.85. The van der Waals surface area contributed by atoms with E-state index in [4.69, 9.17) is 0 Å². The van der Waals surface area contributed by atoms with Crippen LogP contribution in [-0.4, -0.2) is 28.6 Å². The quantitative estimate of drug-likeness (QED) is 0.786. The molecule has 0 radical (unpaired) electrons. The Morgan fingerprint density at radius 2 is 1.76 bits per heavy atom. The average molecular weight is 335 g/mol. The van der Waals surface area contributed by atoms with Crippen LogP contribution in [0.1, 0.15) is 29.5 Å². The van der Waals surface area contributed by atoms with Gasteiger partial charge in [0.1, 0.15) is 0 Å². The molecule has 0 heterocycles. The van der Waals surface area contributed by atoms with Crippen LogP contribution in [0.4, 0.5) is 0 Å². The maximum atomic E-state index is 12.3. The molecule has 1 aliphatic rings. The van der Waals surface area contributed by atoms with Crippen molar-refractivity contribution < 1.29 is 9.90 Å². The Bertz CT molecular complexity index is 720. The fraction of sp³-hybridized carbons (Fsp3) is 0.318. The molecular weight excluding hydrogens is 310 g/mol. The van der Waals surface area contributed by atoms with Gasteiger partial charge >= 0.3 is 0 Å². The van der Waals surface area contributed by atoms with Gasteiger partial charge in [0.2, 0.25) is 5.91 Å². The fourth-order valence-electron chi connectivity index (χ4n) is 3.47. The molecule has 0 atom stereocenters. The summed E-state index contributed by atoms with van der Waals surface area (Å²) < 4.78 is 0. The van der Waals surface area contributed by atoms with E-state index in [0.717, 1.165) is 24.8 Å². The van der Waals surface area contributed by atoms with Gasteiger partial charge in [0, 0.05) is 19.2 Å². The lowest BCUT2D eigenvalue weighted by molar-refractivity contribution is -0.132. The van der Waals surface area contributed by atoms with Gasteiger partial charge in [-0.2, -0.15) is 0 Å². The molecule has 0 saturated heterocycles. The Balaban J connectivity index is 1.70. The van der Waals surface area contributed by atoms with Crippen LogP contribution < -0.4 is 0 Å². The highest BCUT2D eigenvalue weighted by molar-refractivity contribution is 5.87. The van der Waals surface area contributed by atoms with Gasteiger partial charge in [-0.25, -0.2) is 0 Å². The maximum absolute atomic E-state index is 12.3. The molecule has 2 aromatic rings. The minimum atomic E-state index is -0.0325. The zero-order valence-electron chi connectivity index (χ0n) is 14.5. The number of amides is 1. The Labute approximate surface area is 149 Å². The fourth-order valence-corrected chi connectivity index (χ4v) is 3.47. The Hall–Kier alpha value is -2.39. The van der Waals surface area contributed by atoms with Crippen LogP contribution in [0.25, 0.3) is 0 Å². The van der Waals surface area contributed by atoms with E-state index in [9.17, 15) is 9.90 Å². The lowest BCUT2D eigenvalue weighted by Gasteiger charge is -2.42. The van der Waals surface area contributed by atoms with E-state index in [1.807, 2.05) is 11.0 Å². The summed E-state index contributed by atoms with van der Waals surface area (Å²) in [7, 11) is 0. The van der Waals surface area contributed by atoms with Crippen molar-refractivity contribution in [2.75, 3.05) is 6.61 Å². The molecule has 0 spiro atoms. The summed E-state index contributed by atoms with van der Waals surface area (Å²) in [6.07, 6.45) is 4.03. The molecule has 1 saturated carbocycles. The van der Waals surface area contributed by atoms with Crippen molar-refractivity contribution in [2.24, 2.45) is 5.92 Å². The monoisotopic (exact) mass is 335 g/mol. The summed E-state index contributed by atoms with van der Waals surface area (Å²) in [5, 5.41) is 9.22. The number of hydrogen-bond acceptors (Lipinski definition) is 2. The lowest BCUT2D eigenvalue weighted by atomic mass is 9.79. The van der Waals surface area contributed by atoms with Crippen LogP contribution in [0.2, 0.25) is 0 Å². The van der Waals surface area contributed by atoms with Gasteiger partial charge in [-0.15, -0.1) is 0 Å². The molecule has 3 heteroatoms. The van der Waals surface area contributed by atoms with Gasteiger partial charge < -0.3 is 10.0 Å². The molecule has 25 heavy (non-hydrogen) atoms. The molecule has 1 aliphatic carbocycles. The van der Waals surface area contributed by atoms with Crippen molar-refractivity contribution in [3.8, 4) is 0 Å². The predicted octanol–water partition coefficient (Wildman–Crippen LogP) is 3.56. The number of rotatable bonds is 7. The largest absolute Gasteiger partial charge is 0.396 e. The van der Waals surface area contributed by atoms with E-state index in [0.29, 0.717) is 12.5 Å². The van der Waals surface area contributed by atoms with Gasteiger partial charge in [0.05, 0.1) is 0 Å². The zero-order chi connectivity index (χ0) is 17.6. The van der Waals surface area contributed by atoms with Crippen LogP contribution in [0.5, 0.6) is 0 Å². The number of benzene rings is 2. The van der Waals surface area contributed by atoms with E-state index in [1.165, 1.54) is 17.2 Å². The molecular formula is C22H25NO2. The summed E-state index contributed by atoms with van der Waals surface area (Å²) in [5.74, 6) is 0.296. The van der Waals surface area contributed by atoms with Gasteiger partial charge in [0.15, 0.2) is 0 Å². The smallest absolute Gasteiger partial charge is 0.246 e. The first-order chi connectivity index (χ1) is 12.2. The number of carbonyl (C=O) groups is 1. The Kier molecular flexibility index (Phi) is 5.67. The Morgan fingerprint density at radius 3 is 2.44 bits per heavy atom. The van der Waals surface area contributed by atoms with E-state index in [-0.39, 0.29) is 18.6 Å². The summed E-state index contributed by atoms with van der Waals surface area (Å²) in [4.78, 5) is 14.2. The summed E-state index contributed by atoms with van der Waals surface area (Å²) in [6, 6.07) is 19.0. The maximum Gasteiger partial charge on any atom is 0.246 e. The minimum Gasteiger partial charge on any atom is -0.396 e.